The minimum Gasteiger partial charge on any atom is -0.504 e. The molecule has 1 aromatic heterocycles. The zero-order valence-corrected chi connectivity index (χ0v) is 32.6. The Morgan fingerprint density at radius 2 is 0.940 bits per heavy atom. The van der Waals surface area contributed by atoms with Crippen molar-refractivity contribution < 1.29 is 124 Å². The molecule has 5 aromatic carbocycles. The van der Waals surface area contributed by atoms with Gasteiger partial charge in [-0.1, -0.05) is 0 Å². The fraction of sp³-hybridized carbons (Fsp3) is 0.146. The molecule has 1 saturated heterocycles. The van der Waals surface area contributed by atoms with Gasteiger partial charge >= 0.3 is 29.5 Å². The zero-order valence-electron chi connectivity index (χ0n) is 32.6. The number of hydrogen-bond acceptors (Lipinski definition) is 26. The van der Waals surface area contributed by atoms with Gasteiger partial charge in [0.2, 0.25) is 34.5 Å². The number of fused-ring (bicyclic) bond motifs is 8. The molecule has 5 atom stereocenters. The van der Waals surface area contributed by atoms with Crippen molar-refractivity contribution in [2.75, 3.05) is 6.61 Å². The maximum Gasteiger partial charge on any atom is 0.344 e. The lowest BCUT2D eigenvalue weighted by Gasteiger charge is -2.43. The molecule has 3 unspecified atom stereocenters. The Labute approximate surface area is 366 Å². The first-order valence-electron chi connectivity index (χ1n) is 18.7. The van der Waals surface area contributed by atoms with Crippen LogP contribution in [0.5, 0.6) is 86.2 Å². The van der Waals surface area contributed by atoms with Gasteiger partial charge in [-0.05, 0) is 24.3 Å². The Morgan fingerprint density at radius 1 is 0.448 bits per heavy atom. The Hall–Kier alpha value is -9.43. The molecule has 67 heavy (non-hydrogen) atoms. The van der Waals surface area contributed by atoms with Gasteiger partial charge in [-0.3, -0.25) is 0 Å². The first-order valence-corrected chi connectivity index (χ1v) is 18.7. The lowest BCUT2D eigenvalue weighted by molar-refractivity contribution is -0.284. The molecule has 26 heteroatoms. The Kier molecular flexibility index (Phi) is 9.48. The van der Waals surface area contributed by atoms with E-state index in [-0.39, 0.29) is 0 Å². The fourth-order valence-electron chi connectivity index (χ4n) is 7.77. The van der Waals surface area contributed by atoms with E-state index in [9.17, 15) is 95.5 Å². The predicted octanol–water partition coefficient (Wildman–Crippen LogP) is 1.76. The van der Waals surface area contributed by atoms with Gasteiger partial charge in [0.05, 0.1) is 22.1 Å². The summed E-state index contributed by atoms with van der Waals surface area (Å²) in [6.07, 6.45) is -11.9. The SMILES string of the molecule is O=C1OC[C@H]2OC(O)C3OC(=O)c4cc(O)c(O)c(O)c4-c4c(cc(O)c(O)c4O)C(=O)O[C@H]3C2OC(=O)c2cc(O)c(O)c3oc(=O)c4cc(O)c(c(O)c4c23)Oc2c1cc(O)c(O)c2O. The molecule has 0 radical (unpaired) electrons. The molecule has 0 saturated carbocycles. The lowest BCUT2D eigenvalue weighted by Crippen LogP contribution is -2.62. The highest BCUT2D eigenvalue weighted by atomic mass is 16.7. The van der Waals surface area contributed by atoms with Crippen LogP contribution < -0.4 is 10.4 Å². The van der Waals surface area contributed by atoms with Crippen LogP contribution in [0.25, 0.3) is 32.9 Å². The van der Waals surface area contributed by atoms with E-state index >= 15 is 0 Å². The highest BCUT2D eigenvalue weighted by molar-refractivity contribution is 6.19. The number of aliphatic hydroxyl groups excluding tert-OH is 1. The number of aliphatic hydroxyl groups is 1. The van der Waals surface area contributed by atoms with E-state index in [4.69, 9.17) is 32.8 Å². The van der Waals surface area contributed by atoms with E-state index in [0.717, 1.165) is 0 Å². The van der Waals surface area contributed by atoms with Crippen LogP contribution >= 0.6 is 0 Å². The number of benzene rings is 5. The molecule has 14 N–H and O–H groups in total. The monoisotopic (exact) mass is 934 g/mol. The fourth-order valence-corrected chi connectivity index (χ4v) is 7.77. The number of esters is 4. The smallest absolute Gasteiger partial charge is 0.344 e. The summed E-state index contributed by atoms with van der Waals surface area (Å²) in [5, 5.41) is 149. The highest BCUT2D eigenvalue weighted by Gasteiger charge is 2.54. The molecule has 2 bridgehead atoms. The summed E-state index contributed by atoms with van der Waals surface area (Å²) in [4.78, 5) is 70.0. The molecule has 0 aliphatic carbocycles. The van der Waals surface area contributed by atoms with Gasteiger partial charge < -0.3 is 104 Å². The molecule has 26 nitrogen and oxygen atoms in total. The van der Waals surface area contributed by atoms with E-state index < -0.39 is 208 Å². The molecule has 3 aliphatic heterocycles. The number of carbonyl (C=O) groups excluding carboxylic acids is 4. The molecule has 3 aliphatic rings. The van der Waals surface area contributed by atoms with E-state index in [1.165, 1.54) is 0 Å². The van der Waals surface area contributed by atoms with Crippen LogP contribution in [0.3, 0.4) is 0 Å². The third-order valence-electron chi connectivity index (χ3n) is 10.9. The van der Waals surface area contributed by atoms with Crippen molar-refractivity contribution in [3.63, 3.8) is 0 Å². The van der Waals surface area contributed by atoms with Gasteiger partial charge in [-0.2, -0.15) is 0 Å². The van der Waals surface area contributed by atoms with Crippen molar-refractivity contribution in [3.05, 3.63) is 63.0 Å². The second kappa shape index (κ2) is 14.8. The van der Waals surface area contributed by atoms with Gasteiger partial charge in [0, 0.05) is 28.0 Å². The minimum absolute atomic E-state index is 0.435. The number of ether oxygens (including phenoxy) is 6. The summed E-state index contributed by atoms with van der Waals surface area (Å²) in [7, 11) is 0. The normalized spacial score (nSPS) is 20.4. The number of phenols is 13. The van der Waals surface area contributed by atoms with E-state index in [2.05, 4.69) is 0 Å². The molecule has 9 rings (SSSR count). The summed E-state index contributed by atoms with van der Waals surface area (Å²) in [6.45, 7) is -1.26. The van der Waals surface area contributed by atoms with Crippen LogP contribution in [-0.2, 0) is 23.7 Å². The molecular weight excluding hydrogens is 908 g/mol. The number of aromatic hydroxyl groups is 13. The summed E-state index contributed by atoms with van der Waals surface area (Å²) in [5.41, 5.74) is -8.65. The molecule has 346 valence electrons. The summed E-state index contributed by atoms with van der Waals surface area (Å²) < 4.78 is 38.4. The predicted molar refractivity (Wildman–Crippen MR) is 209 cm³/mol. The highest BCUT2D eigenvalue weighted by Crippen LogP contribution is 2.55. The second-order valence-corrected chi connectivity index (χ2v) is 14.8. The molecule has 1 fully saturated rings. The number of rotatable bonds is 0. The summed E-state index contributed by atoms with van der Waals surface area (Å²) in [5.74, 6) is -26.0. The van der Waals surface area contributed by atoms with Crippen LogP contribution in [-0.4, -0.2) is 133 Å². The second-order valence-electron chi connectivity index (χ2n) is 14.8. The molecule has 6 aromatic rings. The van der Waals surface area contributed by atoms with Crippen LogP contribution in [0, 0.1) is 0 Å². The van der Waals surface area contributed by atoms with Gasteiger partial charge in [0.1, 0.15) is 18.3 Å². The first kappa shape index (κ1) is 42.9. The number of cyclic esters (lactones) is 1. The Morgan fingerprint density at radius 3 is 1.54 bits per heavy atom. The maximum atomic E-state index is 14.6. The number of hydrogen-bond donors (Lipinski definition) is 14. The van der Waals surface area contributed by atoms with Crippen molar-refractivity contribution >= 4 is 45.6 Å². The quantitative estimate of drug-likeness (QED) is 0.0339. The van der Waals surface area contributed by atoms with E-state index in [0.29, 0.717) is 30.3 Å². The minimum atomic E-state index is -2.54. The Bertz CT molecular complexity index is 3320. The van der Waals surface area contributed by atoms with Crippen LogP contribution in [0.4, 0.5) is 0 Å². The first-order chi connectivity index (χ1) is 31.6. The lowest BCUT2D eigenvalue weighted by atomic mass is 9.91. The average molecular weight is 935 g/mol. The number of carbonyl (C=O) groups is 4. The van der Waals surface area contributed by atoms with Crippen LogP contribution in [0.15, 0.2) is 39.5 Å². The van der Waals surface area contributed by atoms with Crippen molar-refractivity contribution in [2.45, 2.75) is 30.7 Å². The van der Waals surface area contributed by atoms with Crippen molar-refractivity contribution in [1.29, 1.82) is 0 Å². The third kappa shape index (κ3) is 6.30. The van der Waals surface area contributed by atoms with Crippen molar-refractivity contribution in [2.24, 2.45) is 0 Å². The zero-order chi connectivity index (χ0) is 48.4. The molecule has 0 spiro atoms. The third-order valence-corrected chi connectivity index (χ3v) is 10.9. The average Bonchev–Trinajstić information content (AvgIpc) is 3.28. The van der Waals surface area contributed by atoms with E-state index in [1.807, 2.05) is 0 Å². The van der Waals surface area contributed by atoms with Crippen LogP contribution in [0.1, 0.15) is 41.4 Å². The van der Waals surface area contributed by atoms with Gasteiger partial charge in [0.15, 0.2) is 81.9 Å². The van der Waals surface area contributed by atoms with Gasteiger partial charge in [0.25, 0.3) is 0 Å². The largest absolute Gasteiger partial charge is 0.504 e. The van der Waals surface area contributed by atoms with Crippen LogP contribution in [0.2, 0.25) is 0 Å². The van der Waals surface area contributed by atoms with E-state index in [1.54, 1.807) is 0 Å². The molecular formula is C41H26O26. The summed E-state index contributed by atoms with van der Waals surface area (Å²) >= 11 is 0. The molecule has 4 heterocycles. The maximum absolute atomic E-state index is 14.6. The summed E-state index contributed by atoms with van der Waals surface area (Å²) in [6, 6.07) is 2.43. The topological polar surface area (TPSA) is 437 Å². The van der Waals surface area contributed by atoms with Gasteiger partial charge in [-0.15, -0.1) is 0 Å². The van der Waals surface area contributed by atoms with Crippen molar-refractivity contribution in [3.8, 4) is 97.4 Å². The number of phenolic OH excluding ortho intramolecular Hbond substituents is 13. The standard InChI is InChI=1S/C41H26O26/c42-12-1-7-18(26(51)22(12)47)19-8(2-13(43)23(48)27(19)52)39(58)67-35-34(66-38(7)57)32-17(62-41(35)60)6-61-36(55)11-5-14(44)24(49)29(54)30(11)63-31-16(46)4-9-20(28(31)53)21-10(40(59)64-32)3-15(45)25(50)33(21)65-37(9)56/h1-5,17,32,34-35,41-54,60H,6H2/t17-,32?,34+,35?,41?/m1/s1. The Balaban J connectivity index is 1.30. The van der Waals surface area contributed by atoms with Gasteiger partial charge in [-0.25, -0.2) is 24.0 Å². The molecule has 0 amide bonds. The van der Waals surface area contributed by atoms with Crippen molar-refractivity contribution in [1.82, 2.24) is 0 Å².